The minimum atomic E-state index is -4.66. The smallest absolute Gasteiger partial charge is 0.312 e. The van der Waals surface area contributed by atoms with Gasteiger partial charge in [0.05, 0.1) is 0 Å². The van der Waals surface area contributed by atoms with Gasteiger partial charge in [0, 0.05) is 13.1 Å². The first-order valence-corrected chi connectivity index (χ1v) is 6.38. The second-order valence-electron chi connectivity index (χ2n) is 3.46. The van der Waals surface area contributed by atoms with Crippen LogP contribution in [0.15, 0.2) is 25.3 Å². The molecular formula is C10H14F6NO2P. The molecule has 0 N–H and O–H groups in total. The van der Waals surface area contributed by atoms with Crippen LogP contribution < -0.4 is 0 Å². The van der Waals surface area contributed by atoms with Gasteiger partial charge in [0.15, 0.2) is 13.2 Å². The van der Waals surface area contributed by atoms with E-state index < -0.39 is 34.1 Å². The van der Waals surface area contributed by atoms with E-state index in [1.807, 2.05) is 0 Å². The third-order valence-corrected chi connectivity index (χ3v) is 3.08. The van der Waals surface area contributed by atoms with Crippen molar-refractivity contribution < 1.29 is 35.4 Å². The summed E-state index contributed by atoms with van der Waals surface area (Å²) in [6.07, 6.45) is -6.69. The maximum atomic E-state index is 12.1. The van der Waals surface area contributed by atoms with E-state index in [4.69, 9.17) is 0 Å². The minimum Gasteiger partial charge on any atom is -0.312 e. The molecule has 0 radical (unpaired) electrons. The Kier molecular flexibility index (Phi) is 8.34. The van der Waals surface area contributed by atoms with Gasteiger partial charge in [0.1, 0.15) is 0 Å². The molecule has 0 amide bonds. The Balaban J connectivity index is 4.72. The van der Waals surface area contributed by atoms with E-state index in [9.17, 15) is 26.3 Å². The summed E-state index contributed by atoms with van der Waals surface area (Å²) in [4.78, 5) is 0. The largest absolute Gasteiger partial charge is 0.412 e. The zero-order valence-corrected chi connectivity index (χ0v) is 11.3. The lowest BCUT2D eigenvalue weighted by Crippen LogP contribution is -2.26. The van der Waals surface area contributed by atoms with Gasteiger partial charge in [-0.3, -0.25) is 0 Å². The van der Waals surface area contributed by atoms with Crippen molar-refractivity contribution in [2.45, 2.75) is 12.4 Å². The lowest BCUT2D eigenvalue weighted by Gasteiger charge is -2.28. The summed E-state index contributed by atoms with van der Waals surface area (Å²) < 4.78 is 82.4. The first kappa shape index (κ1) is 19.4. The number of halogens is 6. The number of rotatable bonds is 9. The Morgan fingerprint density at radius 1 is 0.850 bits per heavy atom. The molecule has 0 bridgehead atoms. The van der Waals surface area contributed by atoms with Crippen molar-refractivity contribution in [3.8, 4) is 0 Å². The van der Waals surface area contributed by atoms with Crippen LogP contribution in [-0.2, 0) is 9.05 Å². The van der Waals surface area contributed by atoms with Crippen molar-refractivity contribution in [3.63, 3.8) is 0 Å². The van der Waals surface area contributed by atoms with Gasteiger partial charge in [-0.15, -0.1) is 13.2 Å². The van der Waals surface area contributed by atoms with E-state index in [0.29, 0.717) is 0 Å². The maximum Gasteiger partial charge on any atom is 0.412 e. The highest BCUT2D eigenvalue weighted by molar-refractivity contribution is 7.44. The van der Waals surface area contributed by atoms with Crippen LogP contribution in [0.3, 0.4) is 0 Å². The summed E-state index contributed by atoms with van der Waals surface area (Å²) >= 11 is 0. The molecule has 0 fully saturated rings. The first-order chi connectivity index (χ1) is 9.09. The molecule has 0 aromatic heterocycles. The molecule has 0 aromatic carbocycles. The highest BCUT2D eigenvalue weighted by Gasteiger charge is 2.35. The summed E-state index contributed by atoms with van der Waals surface area (Å²) in [6.45, 7) is 3.35. The normalized spacial score (nSPS) is 13.0. The Hall–Kier alpha value is -0.630. The number of nitrogens with zero attached hydrogens (tertiary/aromatic N) is 1. The van der Waals surface area contributed by atoms with Crippen molar-refractivity contribution >= 4 is 8.53 Å². The summed E-state index contributed by atoms with van der Waals surface area (Å²) in [5, 5.41) is 0. The van der Waals surface area contributed by atoms with Crippen LogP contribution in [0.25, 0.3) is 0 Å². The van der Waals surface area contributed by atoms with Crippen LogP contribution >= 0.6 is 8.53 Å². The molecule has 118 valence electrons. The Morgan fingerprint density at radius 3 is 1.45 bits per heavy atom. The van der Waals surface area contributed by atoms with Gasteiger partial charge in [-0.1, -0.05) is 12.2 Å². The Labute approximate surface area is 113 Å². The predicted molar refractivity (Wildman–Crippen MR) is 62.9 cm³/mol. The monoisotopic (exact) mass is 325 g/mol. The molecule has 0 saturated carbocycles. The zero-order chi connectivity index (χ0) is 15.8. The van der Waals surface area contributed by atoms with Gasteiger partial charge in [-0.05, 0) is 0 Å². The molecule has 0 aliphatic rings. The van der Waals surface area contributed by atoms with E-state index in [0.717, 1.165) is 4.67 Å². The fourth-order valence-electron chi connectivity index (χ4n) is 0.963. The average Bonchev–Trinajstić information content (AvgIpc) is 2.26. The maximum absolute atomic E-state index is 12.1. The average molecular weight is 325 g/mol. The lowest BCUT2D eigenvalue weighted by atomic mass is 10.5. The Morgan fingerprint density at radius 2 is 1.20 bits per heavy atom. The summed E-state index contributed by atoms with van der Waals surface area (Å²) in [5.74, 6) is 0. The highest BCUT2D eigenvalue weighted by Crippen LogP contribution is 2.45. The predicted octanol–water partition coefficient (Wildman–Crippen LogP) is 4.05. The molecule has 0 unspecified atom stereocenters. The molecule has 0 heterocycles. The Bertz CT molecular complexity index is 279. The molecule has 0 saturated heterocycles. The molecule has 3 nitrogen and oxygen atoms in total. The summed E-state index contributed by atoms with van der Waals surface area (Å²) in [7, 11) is -2.51. The van der Waals surface area contributed by atoms with Gasteiger partial charge >= 0.3 is 12.4 Å². The fourth-order valence-corrected chi connectivity index (χ4v) is 2.38. The molecular weight excluding hydrogens is 311 g/mol. The summed E-state index contributed by atoms with van der Waals surface area (Å²) in [5.41, 5.74) is 0. The van der Waals surface area contributed by atoms with Crippen LogP contribution in [-0.4, -0.2) is 43.3 Å². The molecule has 10 heteroatoms. The highest BCUT2D eigenvalue weighted by atomic mass is 31.2. The van der Waals surface area contributed by atoms with E-state index in [2.05, 4.69) is 22.2 Å². The van der Waals surface area contributed by atoms with Crippen LogP contribution in [0, 0.1) is 0 Å². The third kappa shape index (κ3) is 10.2. The standard InChI is InChI=1S/C10H14F6NO2P/c1-3-5-17(6-4-2)20(18-7-9(11,12)13)19-8-10(14,15)16/h3-4H,1-2,5-8H2. The fraction of sp³-hybridized carbons (Fsp3) is 0.600. The van der Waals surface area contributed by atoms with Crippen molar-refractivity contribution in [3.05, 3.63) is 25.3 Å². The molecule has 0 spiro atoms. The zero-order valence-electron chi connectivity index (χ0n) is 10.4. The van der Waals surface area contributed by atoms with E-state index in [1.165, 1.54) is 12.2 Å². The number of hydrogen-bond acceptors (Lipinski definition) is 3. The van der Waals surface area contributed by atoms with Gasteiger partial charge in [0.2, 0.25) is 0 Å². The van der Waals surface area contributed by atoms with Crippen LogP contribution in [0.4, 0.5) is 26.3 Å². The van der Waals surface area contributed by atoms with E-state index in [-0.39, 0.29) is 13.1 Å². The number of alkyl halides is 6. The quantitative estimate of drug-likeness (QED) is 0.363. The summed E-state index contributed by atoms with van der Waals surface area (Å²) in [6, 6.07) is 0. The molecule has 0 atom stereocenters. The minimum absolute atomic E-state index is 0.00738. The van der Waals surface area contributed by atoms with Crippen molar-refractivity contribution in [1.29, 1.82) is 0 Å². The first-order valence-electron chi connectivity index (χ1n) is 5.25. The molecule has 0 aromatic rings. The van der Waals surface area contributed by atoms with Crippen LogP contribution in [0.1, 0.15) is 0 Å². The van der Waals surface area contributed by atoms with Crippen molar-refractivity contribution in [1.82, 2.24) is 4.67 Å². The van der Waals surface area contributed by atoms with Gasteiger partial charge in [0.25, 0.3) is 8.53 Å². The van der Waals surface area contributed by atoms with Crippen molar-refractivity contribution in [2.75, 3.05) is 26.3 Å². The van der Waals surface area contributed by atoms with Gasteiger partial charge in [-0.25, -0.2) is 4.67 Å². The van der Waals surface area contributed by atoms with Crippen LogP contribution in [0.5, 0.6) is 0 Å². The molecule has 20 heavy (non-hydrogen) atoms. The SMILES string of the molecule is C=CCN(CC=C)P(OCC(F)(F)F)OCC(F)(F)F. The second-order valence-corrected chi connectivity index (χ2v) is 5.02. The van der Waals surface area contributed by atoms with Crippen molar-refractivity contribution in [2.24, 2.45) is 0 Å². The lowest BCUT2D eigenvalue weighted by molar-refractivity contribution is -0.164. The topological polar surface area (TPSA) is 21.7 Å². The third-order valence-electron chi connectivity index (χ3n) is 1.59. The van der Waals surface area contributed by atoms with E-state index >= 15 is 0 Å². The molecule has 0 aliphatic carbocycles. The van der Waals surface area contributed by atoms with Crippen LogP contribution in [0.2, 0.25) is 0 Å². The molecule has 0 aliphatic heterocycles. The second kappa shape index (κ2) is 8.61. The molecule has 0 rings (SSSR count). The van der Waals surface area contributed by atoms with Gasteiger partial charge in [-0.2, -0.15) is 26.3 Å². The number of hydrogen-bond donors (Lipinski definition) is 0. The van der Waals surface area contributed by atoms with Gasteiger partial charge < -0.3 is 9.05 Å². The van der Waals surface area contributed by atoms with E-state index in [1.54, 1.807) is 0 Å².